The summed E-state index contributed by atoms with van der Waals surface area (Å²) in [5.74, 6) is -0.417. The van der Waals surface area contributed by atoms with Crippen LogP contribution in [0.1, 0.15) is 27.7 Å². The minimum Gasteiger partial charge on any atom is -0.382 e. The highest BCUT2D eigenvalue weighted by Crippen LogP contribution is 2.32. The molecule has 160 valence electrons. The van der Waals surface area contributed by atoms with Gasteiger partial charge in [0.15, 0.2) is 0 Å². The number of aliphatic hydroxyl groups excluding tert-OH is 1. The van der Waals surface area contributed by atoms with E-state index in [1.165, 1.54) is 25.0 Å². The molecule has 1 atom stereocenters. The van der Waals surface area contributed by atoms with Gasteiger partial charge in [0.05, 0.1) is 24.6 Å². The normalized spacial score (nSPS) is 12.8. The van der Waals surface area contributed by atoms with Gasteiger partial charge < -0.3 is 9.84 Å². The Kier molecular flexibility index (Phi) is 8.44. The fourth-order valence-corrected chi connectivity index (χ4v) is 4.26. The van der Waals surface area contributed by atoms with Gasteiger partial charge in [0.1, 0.15) is 12.8 Å². The first kappa shape index (κ1) is 24.0. The minimum atomic E-state index is -1.23. The third-order valence-corrected chi connectivity index (χ3v) is 7.02. The largest absolute Gasteiger partial charge is 0.382 e. The van der Waals surface area contributed by atoms with Crippen molar-refractivity contribution in [3.05, 3.63) is 50.7 Å². The van der Waals surface area contributed by atoms with E-state index in [4.69, 9.17) is 21.2 Å². The molecule has 0 saturated carbocycles. The van der Waals surface area contributed by atoms with E-state index >= 15 is 0 Å². The topological polar surface area (TPSA) is 76.8 Å². The molecule has 0 spiro atoms. The van der Waals surface area contributed by atoms with Crippen molar-refractivity contribution in [3.8, 4) is 0 Å². The average molecular weight is 505 g/mol. The lowest BCUT2D eigenvalue weighted by molar-refractivity contribution is -0.0759. The Balaban J connectivity index is 2.36. The molecule has 0 aliphatic rings. The van der Waals surface area contributed by atoms with Crippen LogP contribution in [0.4, 0.5) is 0 Å². The molecule has 1 unspecified atom stereocenters. The van der Waals surface area contributed by atoms with Gasteiger partial charge in [0.25, 0.3) is 5.91 Å². The Morgan fingerprint density at radius 1 is 1.41 bits per heavy atom. The molecule has 1 amide bonds. The molecule has 0 radical (unpaired) electrons. The lowest BCUT2D eigenvalue weighted by Gasteiger charge is -2.20. The number of aromatic nitrogens is 2. The maximum absolute atomic E-state index is 12.7. The molecule has 0 bridgehead atoms. The Bertz CT molecular complexity index is 856. The zero-order valence-electron chi connectivity index (χ0n) is 17.3. The summed E-state index contributed by atoms with van der Waals surface area (Å²) < 4.78 is 7.92. The van der Waals surface area contributed by atoms with Crippen molar-refractivity contribution < 1.29 is 19.5 Å². The molecule has 0 aliphatic heterocycles. The zero-order chi connectivity index (χ0) is 21.8. The number of rotatable bonds is 9. The lowest BCUT2D eigenvalue weighted by atomic mass is 10.0. The second-order valence-electron chi connectivity index (χ2n) is 7.84. The van der Waals surface area contributed by atoms with Crippen molar-refractivity contribution in [1.29, 1.82) is 0 Å². The summed E-state index contributed by atoms with van der Waals surface area (Å²) in [6.45, 7) is 7.54. The molecule has 2 aromatic rings. The molecule has 29 heavy (non-hydrogen) atoms. The van der Waals surface area contributed by atoms with Crippen molar-refractivity contribution >= 4 is 41.5 Å². The van der Waals surface area contributed by atoms with Crippen LogP contribution in [0.25, 0.3) is 0 Å². The summed E-state index contributed by atoms with van der Waals surface area (Å²) in [6.07, 6.45) is 0.302. The van der Waals surface area contributed by atoms with Gasteiger partial charge in [0.2, 0.25) is 0 Å². The highest BCUT2D eigenvalue weighted by Gasteiger charge is 2.28. The van der Waals surface area contributed by atoms with Crippen molar-refractivity contribution in [2.75, 3.05) is 20.8 Å². The predicted octanol–water partition coefficient (Wildman–Crippen LogP) is 4.33. The summed E-state index contributed by atoms with van der Waals surface area (Å²) in [5.41, 5.74) is 1.12. The van der Waals surface area contributed by atoms with Crippen LogP contribution in [0.3, 0.4) is 0 Å². The van der Waals surface area contributed by atoms with Crippen molar-refractivity contribution in [1.82, 2.24) is 14.8 Å². The zero-order valence-corrected chi connectivity index (χ0v) is 20.6. The first-order chi connectivity index (χ1) is 13.5. The van der Waals surface area contributed by atoms with E-state index in [2.05, 4.69) is 40.7 Å². The fourth-order valence-electron chi connectivity index (χ4n) is 2.60. The van der Waals surface area contributed by atoms with Gasteiger partial charge in [-0.05, 0) is 18.2 Å². The van der Waals surface area contributed by atoms with E-state index < -0.39 is 20.1 Å². The van der Waals surface area contributed by atoms with Gasteiger partial charge in [-0.2, -0.15) is 5.10 Å². The number of halogens is 2. The summed E-state index contributed by atoms with van der Waals surface area (Å²) in [7, 11) is 1.67. The van der Waals surface area contributed by atoms with Gasteiger partial charge in [-0.15, -0.1) is 0 Å². The maximum atomic E-state index is 12.7. The number of amides is 1. The SMILES string of the molecule is CON(C)C(=O)c1cnn(COCC[Si](C)(C)C)c1C(O)c1ccc(Cl)cc1Br. The van der Waals surface area contributed by atoms with Crippen LogP contribution in [0, 0.1) is 0 Å². The first-order valence-corrected chi connectivity index (χ1v) is 14.0. The van der Waals surface area contributed by atoms with Gasteiger partial charge in [-0.3, -0.25) is 9.63 Å². The predicted molar refractivity (Wildman–Crippen MR) is 119 cm³/mol. The molecule has 1 N–H and O–H groups in total. The van der Waals surface area contributed by atoms with Crippen LogP contribution in [0.5, 0.6) is 0 Å². The summed E-state index contributed by atoms with van der Waals surface area (Å²) in [6, 6.07) is 6.08. The molecule has 0 aliphatic carbocycles. The van der Waals surface area contributed by atoms with Crippen molar-refractivity contribution in [2.45, 2.75) is 38.5 Å². The number of hydroxylamine groups is 2. The number of hydrogen-bond acceptors (Lipinski definition) is 5. The summed E-state index contributed by atoms with van der Waals surface area (Å²) in [4.78, 5) is 17.7. The molecule has 0 saturated heterocycles. The molecule has 1 heterocycles. The van der Waals surface area contributed by atoms with Crippen LogP contribution in [0.2, 0.25) is 30.7 Å². The molecule has 7 nitrogen and oxygen atoms in total. The van der Waals surface area contributed by atoms with Gasteiger partial charge in [-0.25, -0.2) is 9.75 Å². The van der Waals surface area contributed by atoms with E-state index in [9.17, 15) is 9.90 Å². The Morgan fingerprint density at radius 3 is 2.69 bits per heavy atom. The van der Waals surface area contributed by atoms with E-state index in [0.29, 0.717) is 27.4 Å². The highest BCUT2D eigenvalue weighted by molar-refractivity contribution is 9.10. The third-order valence-electron chi connectivity index (χ3n) is 4.40. The molecular weight excluding hydrogens is 478 g/mol. The number of aliphatic hydroxyl groups is 1. The Labute approximate surface area is 185 Å². The molecule has 10 heteroatoms. The third kappa shape index (κ3) is 6.37. The number of nitrogens with zero attached hydrogens (tertiary/aromatic N) is 3. The molecular formula is C19H27BrClN3O4Si. The molecule has 2 rings (SSSR count). The van der Waals surface area contributed by atoms with Crippen molar-refractivity contribution in [3.63, 3.8) is 0 Å². The smallest absolute Gasteiger partial charge is 0.280 e. The van der Waals surface area contributed by atoms with Crippen molar-refractivity contribution in [2.24, 2.45) is 0 Å². The molecule has 1 aromatic heterocycles. The Morgan fingerprint density at radius 2 is 2.10 bits per heavy atom. The second-order valence-corrected chi connectivity index (χ2v) is 14.8. The standard InChI is InChI=1S/C19H27BrClN3O4Si/c1-23(27-2)19(26)15-11-22-24(12-28-8-9-29(3,4)5)17(15)18(25)14-7-6-13(21)10-16(14)20/h6-7,10-11,18,25H,8-9,12H2,1-5H3. The van der Waals surface area contributed by atoms with E-state index in [1.54, 1.807) is 18.2 Å². The number of carbonyl (C=O) groups is 1. The average Bonchev–Trinajstić information content (AvgIpc) is 3.06. The van der Waals surface area contributed by atoms with E-state index in [0.717, 1.165) is 11.1 Å². The van der Waals surface area contributed by atoms with E-state index in [-0.39, 0.29) is 12.3 Å². The summed E-state index contributed by atoms with van der Waals surface area (Å²) in [5, 5.41) is 17.0. The van der Waals surface area contributed by atoms with Crippen LogP contribution in [-0.2, 0) is 16.3 Å². The quantitative estimate of drug-likeness (QED) is 0.312. The van der Waals surface area contributed by atoms with Gasteiger partial charge in [0, 0.05) is 36.8 Å². The highest BCUT2D eigenvalue weighted by atomic mass is 79.9. The van der Waals surface area contributed by atoms with Crippen LogP contribution >= 0.6 is 27.5 Å². The van der Waals surface area contributed by atoms with E-state index in [1.807, 2.05) is 0 Å². The number of benzene rings is 1. The van der Waals surface area contributed by atoms with Crippen LogP contribution in [-0.4, -0.2) is 54.7 Å². The number of hydrogen-bond donors (Lipinski definition) is 1. The Hall–Kier alpha value is -1.23. The monoisotopic (exact) mass is 503 g/mol. The minimum absolute atomic E-state index is 0.131. The first-order valence-electron chi connectivity index (χ1n) is 9.13. The lowest BCUT2D eigenvalue weighted by Crippen LogP contribution is -2.27. The van der Waals surface area contributed by atoms with Gasteiger partial charge in [-0.1, -0.05) is 53.2 Å². The number of ether oxygens (including phenoxy) is 1. The van der Waals surface area contributed by atoms with Gasteiger partial charge >= 0.3 is 0 Å². The molecule has 1 aromatic carbocycles. The maximum Gasteiger partial charge on any atom is 0.280 e. The summed E-state index contributed by atoms with van der Waals surface area (Å²) >= 11 is 9.44. The molecule has 0 fully saturated rings. The fraction of sp³-hybridized carbons (Fsp3) is 0.474. The second kappa shape index (κ2) is 10.2. The van der Waals surface area contributed by atoms with Crippen LogP contribution in [0.15, 0.2) is 28.9 Å². The van der Waals surface area contributed by atoms with Crippen LogP contribution < -0.4 is 0 Å². The number of carbonyl (C=O) groups excluding carboxylic acids is 1.